The molecule has 6 nitrogen and oxygen atoms in total. The van der Waals surface area contributed by atoms with Gasteiger partial charge in [-0.3, -0.25) is 10.1 Å². The van der Waals surface area contributed by atoms with Crippen molar-refractivity contribution in [2.24, 2.45) is 0 Å². The second kappa shape index (κ2) is 4.13. The van der Waals surface area contributed by atoms with Crippen molar-refractivity contribution in [1.29, 1.82) is 0 Å². The Morgan fingerprint density at radius 3 is 2.61 bits per heavy atom. The molecule has 2 aliphatic heterocycles. The number of morpholine rings is 1. The molecule has 0 unspecified atom stereocenters. The lowest BCUT2D eigenvalue weighted by molar-refractivity contribution is -0.383. The van der Waals surface area contributed by atoms with Crippen LogP contribution >= 0.6 is 0 Å². The van der Waals surface area contributed by atoms with Crippen LogP contribution in [-0.2, 0) is 4.74 Å². The Kier molecular flexibility index (Phi) is 2.59. The number of rotatable bonds is 2. The molecule has 0 aromatic heterocycles. The van der Waals surface area contributed by atoms with Crippen LogP contribution in [0.4, 0.5) is 17.1 Å². The Hall–Kier alpha value is -1.82. The van der Waals surface area contributed by atoms with E-state index in [2.05, 4.69) is 4.90 Å². The molecule has 2 fully saturated rings. The minimum atomic E-state index is -0.389. The molecule has 0 aliphatic carbocycles. The number of fused-ring (bicyclic) bond motifs is 2. The minimum Gasteiger partial charge on any atom is -0.393 e. The number of nitro groups is 1. The highest BCUT2D eigenvalue weighted by atomic mass is 16.6. The molecule has 2 saturated heterocycles. The van der Waals surface area contributed by atoms with E-state index in [4.69, 9.17) is 10.5 Å². The number of benzene rings is 1. The topological polar surface area (TPSA) is 81.6 Å². The van der Waals surface area contributed by atoms with E-state index in [9.17, 15) is 10.1 Å². The molecule has 0 amide bonds. The molecule has 0 spiro atoms. The number of nitrogens with zero attached hydrogens (tertiary/aromatic N) is 2. The van der Waals surface area contributed by atoms with Crippen LogP contribution in [0.5, 0.6) is 0 Å². The van der Waals surface area contributed by atoms with E-state index in [0.717, 1.165) is 12.8 Å². The highest BCUT2D eigenvalue weighted by molar-refractivity contribution is 5.76. The molecular formula is C12H15N3O3. The van der Waals surface area contributed by atoms with Crippen LogP contribution in [0, 0.1) is 10.1 Å². The molecule has 0 saturated carbocycles. The van der Waals surface area contributed by atoms with E-state index >= 15 is 0 Å². The van der Waals surface area contributed by atoms with Crippen LogP contribution < -0.4 is 10.6 Å². The zero-order chi connectivity index (χ0) is 12.7. The maximum atomic E-state index is 11.2. The summed E-state index contributed by atoms with van der Waals surface area (Å²) in [5.74, 6) is 0. The lowest BCUT2D eigenvalue weighted by Crippen LogP contribution is -2.46. The molecule has 2 bridgehead atoms. The molecule has 1 aromatic carbocycles. The number of nitrogens with two attached hydrogens (primary N) is 1. The summed E-state index contributed by atoms with van der Waals surface area (Å²) in [5, 5.41) is 11.2. The van der Waals surface area contributed by atoms with Crippen LogP contribution in [0.2, 0.25) is 0 Å². The van der Waals surface area contributed by atoms with Crippen molar-refractivity contribution in [2.45, 2.75) is 24.9 Å². The van der Waals surface area contributed by atoms with Gasteiger partial charge in [0.1, 0.15) is 11.4 Å². The van der Waals surface area contributed by atoms with Crippen molar-refractivity contribution in [3.8, 4) is 0 Å². The first-order valence-electron chi connectivity index (χ1n) is 6.07. The van der Waals surface area contributed by atoms with E-state index in [-0.39, 0.29) is 28.4 Å². The Bertz CT molecular complexity index is 475. The SMILES string of the molecule is Nc1cccc(N2[C@@H]3CC[C@H]2COC3)c1[N+](=O)[O-]. The van der Waals surface area contributed by atoms with Crippen molar-refractivity contribution >= 4 is 17.1 Å². The molecule has 6 heteroatoms. The Morgan fingerprint density at radius 1 is 1.33 bits per heavy atom. The van der Waals surface area contributed by atoms with E-state index in [1.807, 2.05) is 0 Å². The monoisotopic (exact) mass is 249 g/mol. The zero-order valence-corrected chi connectivity index (χ0v) is 9.91. The summed E-state index contributed by atoms with van der Waals surface area (Å²) in [4.78, 5) is 12.9. The molecule has 2 heterocycles. The largest absolute Gasteiger partial charge is 0.393 e. The number of anilines is 2. The first-order valence-corrected chi connectivity index (χ1v) is 6.07. The summed E-state index contributed by atoms with van der Waals surface area (Å²) >= 11 is 0. The first kappa shape index (κ1) is 11.3. The summed E-state index contributed by atoms with van der Waals surface area (Å²) in [6.45, 7) is 1.28. The number of hydrogen-bond donors (Lipinski definition) is 1. The minimum absolute atomic E-state index is 0.0244. The lowest BCUT2D eigenvalue weighted by Gasteiger charge is -2.36. The van der Waals surface area contributed by atoms with Gasteiger partial charge in [-0.1, -0.05) is 6.07 Å². The Morgan fingerprint density at radius 2 is 2.00 bits per heavy atom. The van der Waals surface area contributed by atoms with Crippen LogP contribution in [0.1, 0.15) is 12.8 Å². The van der Waals surface area contributed by atoms with Gasteiger partial charge in [0.2, 0.25) is 0 Å². The lowest BCUT2D eigenvalue weighted by atomic mass is 10.1. The molecule has 2 N–H and O–H groups in total. The van der Waals surface area contributed by atoms with Gasteiger partial charge in [-0.25, -0.2) is 0 Å². The summed E-state index contributed by atoms with van der Waals surface area (Å²) in [7, 11) is 0. The highest BCUT2D eigenvalue weighted by Crippen LogP contribution is 2.41. The molecule has 96 valence electrons. The van der Waals surface area contributed by atoms with Crippen molar-refractivity contribution in [3.05, 3.63) is 28.3 Å². The quantitative estimate of drug-likeness (QED) is 0.488. The van der Waals surface area contributed by atoms with E-state index in [1.165, 1.54) is 0 Å². The standard InChI is InChI=1S/C12H15N3O3/c13-10-2-1-3-11(12(10)15(16)17)14-8-4-5-9(14)7-18-6-8/h1-3,8-9H,4-7,13H2/t8-,9+. The summed E-state index contributed by atoms with van der Waals surface area (Å²) in [5.41, 5.74) is 6.63. The van der Waals surface area contributed by atoms with Gasteiger partial charge in [-0.05, 0) is 25.0 Å². The fourth-order valence-corrected chi connectivity index (χ4v) is 2.98. The number of ether oxygens (including phenoxy) is 1. The smallest absolute Gasteiger partial charge is 0.315 e. The first-order chi connectivity index (χ1) is 8.68. The summed E-state index contributed by atoms with van der Waals surface area (Å²) in [6, 6.07) is 5.61. The highest BCUT2D eigenvalue weighted by Gasteiger charge is 2.40. The molecule has 18 heavy (non-hydrogen) atoms. The average Bonchev–Trinajstić information content (AvgIpc) is 2.58. The number of para-hydroxylation sites is 1. The molecule has 2 atom stereocenters. The van der Waals surface area contributed by atoms with Crippen molar-refractivity contribution < 1.29 is 9.66 Å². The van der Waals surface area contributed by atoms with Gasteiger partial charge in [0, 0.05) is 0 Å². The van der Waals surface area contributed by atoms with Crippen molar-refractivity contribution in [3.63, 3.8) is 0 Å². The Labute approximate surface area is 104 Å². The normalized spacial score (nSPS) is 26.3. The van der Waals surface area contributed by atoms with E-state index < -0.39 is 0 Å². The van der Waals surface area contributed by atoms with Gasteiger partial charge in [0.05, 0.1) is 30.2 Å². The molecule has 2 aliphatic rings. The predicted octanol–water partition coefficient (Wildman–Crippen LogP) is 1.54. The van der Waals surface area contributed by atoms with Crippen LogP contribution in [0.3, 0.4) is 0 Å². The second-order valence-corrected chi connectivity index (χ2v) is 4.80. The van der Waals surface area contributed by atoms with Crippen LogP contribution in [-0.4, -0.2) is 30.2 Å². The maximum Gasteiger partial charge on any atom is 0.315 e. The second-order valence-electron chi connectivity index (χ2n) is 4.80. The molecular weight excluding hydrogens is 234 g/mol. The predicted molar refractivity (Wildman–Crippen MR) is 67.6 cm³/mol. The van der Waals surface area contributed by atoms with Gasteiger partial charge in [0.15, 0.2) is 0 Å². The van der Waals surface area contributed by atoms with Crippen LogP contribution in [0.25, 0.3) is 0 Å². The number of hydrogen-bond acceptors (Lipinski definition) is 5. The van der Waals surface area contributed by atoms with Crippen molar-refractivity contribution in [2.75, 3.05) is 23.8 Å². The van der Waals surface area contributed by atoms with Gasteiger partial charge in [-0.2, -0.15) is 0 Å². The van der Waals surface area contributed by atoms with E-state index in [1.54, 1.807) is 18.2 Å². The average molecular weight is 249 g/mol. The van der Waals surface area contributed by atoms with Gasteiger partial charge >= 0.3 is 5.69 Å². The third kappa shape index (κ3) is 1.60. The molecule has 1 aromatic rings. The number of nitrogen functional groups attached to an aromatic ring is 1. The van der Waals surface area contributed by atoms with Gasteiger partial charge in [0.25, 0.3) is 0 Å². The van der Waals surface area contributed by atoms with E-state index in [0.29, 0.717) is 18.9 Å². The number of nitro benzene ring substituents is 1. The van der Waals surface area contributed by atoms with Crippen LogP contribution in [0.15, 0.2) is 18.2 Å². The fourth-order valence-electron chi connectivity index (χ4n) is 2.98. The third-order valence-corrected chi connectivity index (χ3v) is 3.75. The Balaban J connectivity index is 2.07. The fraction of sp³-hybridized carbons (Fsp3) is 0.500. The van der Waals surface area contributed by atoms with Gasteiger partial charge in [-0.15, -0.1) is 0 Å². The molecule has 0 radical (unpaired) electrons. The van der Waals surface area contributed by atoms with Gasteiger partial charge < -0.3 is 15.4 Å². The molecule has 3 rings (SSSR count). The third-order valence-electron chi connectivity index (χ3n) is 3.75. The summed E-state index contributed by atoms with van der Waals surface area (Å²) < 4.78 is 5.50. The maximum absolute atomic E-state index is 11.2. The van der Waals surface area contributed by atoms with Crippen molar-refractivity contribution in [1.82, 2.24) is 0 Å². The summed E-state index contributed by atoms with van der Waals surface area (Å²) in [6.07, 6.45) is 2.05. The zero-order valence-electron chi connectivity index (χ0n) is 9.91.